The van der Waals surface area contributed by atoms with Crippen LogP contribution in [0.1, 0.15) is 13.8 Å². The number of carbonyl (C=O) groups excluding carboxylic acids is 1. The first-order chi connectivity index (χ1) is 10.1. The lowest BCUT2D eigenvalue weighted by atomic mass is 10.0. The van der Waals surface area contributed by atoms with Gasteiger partial charge in [-0.2, -0.15) is 0 Å². The predicted octanol–water partition coefficient (Wildman–Crippen LogP) is 2.92. The van der Waals surface area contributed by atoms with Crippen LogP contribution in [0, 0.1) is 0 Å². The molecule has 2 aromatic carbocycles. The van der Waals surface area contributed by atoms with Crippen LogP contribution in [0.4, 0.5) is 11.4 Å². The number of nitrogens with zero attached hydrogens (tertiary/aromatic N) is 2. The van der Waals surface area contributed by atoms with E-state index in [9.17, 15) is 4.79 Å². The molecule has 0 aliphatic carbocycles. The molecule has 0 saturated heterocycles. The van der Waals surface area contributed by atoms with Crippen molar-refractivity contribution in [1.82, 2.24) is 0 Å². The summed E-state index contributed by atoms with van der Waals surface area (Å²) in [5, 5.41) is 2.36. The minimum absolute atomic E-state index is 0.207. The summed E-state index contributed by atoms with van der Waals surface area (Å²) >= 11 is 0. The van der Waals surface area contributed by atoms with Gasteiger partial charge in [0.25, 0.3) is 5.84 Å². The van der Waals surface area contributed by atoms with Crippen LogP contribution in [0.5, 0.6) is 0 Å². The number of anilines is 1. The van der Waals surface area contributed by atoms with E-state index in [4.69, 9.17) is 4.74 Å². The fourth-order valence-corrected chi connectivity index (χ4v) is 2.87. The Morgan fingerprint density at radius 3 is 2.67 bits per heavy atom. The predicted molar refractivity (Wildman–Crippen MR) is 84.5 cm³/mol. The Hall–Kier alpha value is -2.36. The van der Waals surface area contributed by atoms with Gasteiger partial charge in [-0.25, -0.2) is 14.3 Å². The summed E-state index contributed by atoms with van der Waals surface area (Å²) in [6, 6.07) is 12.4. The van der Waals surface area contributed by atoms with Crippen molar-refractivity contribution in [3.63, 3.8) is 0 Å². The van der Waals surface area contributed by atoms with E-state index in [1.807, 2.05) is 31.9 Å². The SMILES string of the molecule is CCOC(=O)CN1C(C)=[N+](C)c2cccc3cccc1c23. The Morgan fingerprint density at radius 2 is 1.95 bits per heavy atom. The largest absolute Gasteiger partial charge is 0.463 e. The van der Waals surface area contributed by atoms with E-state index < -0.39 is 0 Å². The zero-order chi connectivity index (χ0) is 15.0. The second-order valence-electron chi connectivity index (χ2n) is 5.15. The van der Waals surface area contributed by atoms with Crippen LogP contribution in [0.15, 0.2) is 36.4 Å². The van der Waals surface area contributed by atoms with Gasteiger partial charge in [-0.15, -0.1) is 0 Å². The van der Waals surface area contributed by atoms with Crippen molar-refractivity contribution < 1.29 is 14.1 Å². The monoisotopic (exact) mass is 283 g/mol. The molecule has 2 aromatic rings. The van der Waals surface area contributed by atoms with Gasteiger partial charge in [-0.3, -0.25) is 0 Å². The van der Waals surface area contributed by atoms with Crippen molar-refractivity contribution in [2.75, 3.05) is 25.1 Å². The second-order valence-corrected chi connectivity index (χ2v) is 5.15. The molecule has 0 aromatic heterocycles. The molecule has 4 heteroatoms. The van der Waals surface area contributed by atoms with E-state index in [-0.39, 0.29) is 12.5 Å². The third kappa shape index (κ3) is 2.17. The fourth-order valence-electron chi connectivity index (χ4n) is 2.87. The molecule has 0 atom stereocenters. The summed E-state index contributed by atoms with van der Waals surface area (Å²) in [4.78, 5) is 13.9. The average molecular weight is 283 g/mol. The molecule has 0 radical (unpaired) electrons. The smallest absolute Gasteiger partial charge is 0.348 e. The van der Waals surface area contributed by atoms with E-state index in [1.165, 1.54) is 16.5 Å². The van der Waals surface area contributed by atoms with Crippen LogP contribution in [0.2, 0.25) is 0 Å². The Bertz CT molecular complexity index is 744. The molecule has 0 spiro atoms. The lowest BCUT2D eigenvalue weighted by molar-refractivity contribution is -0.405. The lowest BCUT2D eigenvalue weighted by Crippen LogP contribution is -2.40. The first kappa shape index (κ1) is 13.6. The van der Waals surface area contributed by atoms with Crippen molar-refractivity contribution in [1.29, 1.82) is 0 Å². The molecule has 0 bridgehead atoms. The first-order valence-corrected chi connectivity index (χ1v) is 7.15. The number of carbonyl (C=O) groups is 1. The molecule has 0 unspecified atom stereocenters. The number of rotatable bonds is 3. The van der Waals surface area contributed by atoms with E-state index in [0.29, 0.717) is 6.61 Å². The number of benzene rings is 2. The van der Waals surface area contributed by atoms with Crippen LogP contribution in [0.25, 0.3) is 10.8 Å². The average Bonchev–Trinajstić information content (AvgIpc) is 2.49. The van der Waals surface area contributed by atoms with Crippen LogP contribution < -0.4 is 4.90 Å². The van der Waals surface area contributed by atoms with E-state index in [0.717, 1.165) is 11.5 Å². The van der Waals surface area contributed by atoms with Crippen LogP contribution >= 0.6 is 0 Å². The third-order valence-electron chi connectivity index (χ3n) is 3.98. The van der Waals surface area contributed by atoms with E-state index in [1.54, 1.807) is 0 Å². The quantitative estimate of drug-likeness (QED) is 0.641. The molecule has 0 N–H and O–H groups in total. The van der Waals surface area contributed by atoms with Crippen LogP contribution in [0.3, 0.4) is 0 Å². The highest BCUT2D eigenvalue weighted by Gasteiger charge is 2.31. The number of hydrogen-bond donors (Lipinski definition) is 0. The summed E-state index contributed by atoms with van der Waals surface area (Å²) < 4.78 is 7.22. The molecule has 3 rings (SSSR count). The van der Waals surface area contributed by atoms with Gasteiger partial charge in [0.1, 0.15) is 11.4 Å². The van der Waals surface area contributed by atoms with Gasteiger partial charge in [-0.1, -0.05) is 24.3 Å². The number of hydrogen-bond acceptors (Lipinski definition) is 3. The maximum absolute atomic E-state index is 11.9. The van der Waals surface area contributed by atoms with Crippen LogP contribution in [-0.2, 0) is 9.53 Å². The van der Waals surface area contributed by atoms with Gasteiger partial charge in [0, 0.05) is 6.92 Å². The van der Waals surface area contributed by atoms with Crippen molar-refractivity contribution in [3.8, 4) is 0 Å². The molecular weight excluding hydrogens is 264 g/mol. The topological polar surface area (TPSA) is 32.5 Å². The molecule has 108 valence electrons. The molecule has 0 amide bonds. The van der Waals surface area contributed by atoms with Gasteiger partial charge in [0.15, 0.2) is 6.54 Å². The summed E-state index contributed by atoms with van der Waals surface area (Å²) in [5.74, 6) is 0.816. The molecule has 0 fully saturated rings. The lowest BCUT2D eigenvalue weighted by Gasteiger charge is -2.25. The molecule has 4 nitrogen and oxygen atoms in total. The van der Waals surface area contributed by atoms with Crippen molar-refractivity contribution in [3.05, 3.63) is 36.4 Å². The summed E-state index contributed by atoms with van der Waals surface area (Å²) in [6.07, 6.45) is 0. The van der Waals surface area contributed by atoms with Gasteiger partial charge in [-0.05, 0) is 24.4 Å². The normalized spacial score (nSPS) is 13.8. The maximum atomic E-state index is 11.9. The summed E-state index contributed by atoms with van der Waals surface area (Å²) in [5.41, 5.74) is 2.23. The zero-order valence-corrected chi connectivity index (χ0v) is 12.6. The zero-order valence-electron chi connectivity index (χ0n) is 12.6. The standard InChI is InChI=1S/C17H19N2O2/c1-4-21-16(20)11-19-12(2)18(3)14-9-5-7-13-8-6-10-15(19)17(13)14/h5-10H,4,11H2,1-3H3/q+1. The summed E-state index contributed by atoms with van der Waals surface area (Å²) in [6.45, 7) is 4.49. The molecule has 0 saturated carbocycles. The fraction of sp³-hybridized carbons (Fsp3) is 0.294. The minimum Gasteiger partial charge on any atom is -0.463 e. The Morgan fingerprint density at radius 1 is 1.24 bits per heavy atom. The highest BCUT2D eigenvalue weighted by molar-refractivity contribution is 6.11. The van der Waals surface area contributed by atoms with Crippen LogP contribution in [-0.4, -0.2) is 36.6 Å². The van der Waals surface area contributed by atoms with E-state index >= 15 is 0 Å². The van der Waals surface area contributed by atoms with Gasteiger partial charge >= 0.3 is 5.97 Å². The third-order valence-corrected chi connectivity index (χ3v) is 3.98. The highest BCUT2D eigenvalue weighted by Crippen LogP contribution is 2.37. The first-order valence-electron chi connectivity index (χ1n) is 7.15. The van der Waals surface area contributed by atoms with Gasteiger partial charge < -0.3 is 4.74 Å². The highest BCUT2D eigenvalue weighted by atomic mass is 16.5. The minimum atomic E-state index is -0.207. The second kappa shape index (κ2) is 5.20. The maximum Gasteiger partial charge on any atom is 0.348 e. The summed E-state index contributed by atoms with van der Waals surface area (Å²) in [7, 11) is 2.03. The molecule has 21 heavy (non-hydrogen) atoms. The van der Waals surface area contributed by atoms with E-state index in [2.05, 4.69) is 34.9 Å². The molecule has 1 heterocycles. The number of esters is 1. The van der Waals surface area contributed by atoms with Crippen molar-refractivity contribution in [2.24, 2.45) is 0 Å². The Balaban J connectivity index is 2.16. The molecule has 1 aliphatic rings. The Kier molecular flexibility index (Phi) is 3.37. The van der Waals surface area contributed by atoms with Crippen molar-refractivity contribution >= 4 is 34.0 Å². The number of amidine groups is 1. The Labute approximate surface area is 124 Å². The van der Waals surface area contributed by atoms with Gasteiger partial charge in [0.2, 0.25) is 0 Å². The number of ether oxygens (including phenoxy) is 1. The molecule has 1 aliphatic heterocycles. The molecular formula is C17H19N2O2+. The van der Waals surface area contributed by atoms with Crippen molar-refractivity contribution in [2.45, 2.75) is 13.8 Å². The van der Waals surface area contributed by atoms with Gasteiger partial charge in [0.05, 0.1) is 19.0 Å².